The second-order valence-electron chi connectivity index (χ2n) is 5.66. The number of nitrogens with one attached hydrogen (secondary N) is 2. The molecule has 0 bridgehead atoms. The van der Waals surface area contributed by atoms with Gasteiger partial charge in [-0.05, 0) is 30.3 Å². The lowest BCUT2D eigenvalue weighted by Gasteiger charge is -2.12. The molecule has 0 heterocycles. The topological polar surface area (TPSA) is 111 Å². The molecule has 0 spiro atoms. The normalized spacial score (nSPS) is 9.93. The van der Waals surface area contributed by atoms with E-state index < -0.39 is 17.8 Å². The molecule has 0 saturated heterocycles. The SMILES string of the molecule is COC(=O)c1ccc(C(=O)OC)c(NC(=O)CCNC(=O)c2ccccc2)c1. The average Bonchev–Trinajstić information content (AvgIpc) is 2.73. The van der Waals surface area contributed by atoms with Crippen molar-refractivity contribution >= 4 is 29.4 Å². The number of hydrogen-bond donors (Lipinski definition) is 2. The number of amides is 2. The lowest BCUT2D eigenvalue weighted by atomic mass is 10.1. The highest BCUT2D eigenvalue weighted by Gasteiger charge is 2.17. The fraction of sp³-hybridized carbons (Fsp3) is 0.200. The molecule has 2 aromatic rings. The number of rotatable bonds is 7. The van der Waals surface area contributed by atoms with Crippen molar-refractivity contribution in [1.29, 1.82) is 0 Å². The molecule has 0 unspecified atom stereocenters. The Morgan fingerprint density at radius 2 is 1.54 bits per heavy atom. The minimum atomic E-state index is -0.663. The Hall–Kier alpha value is -3.68. The van der Waals surface area contributed by atoms with Gasteiger partial charge in [-0.2, -0.15) is 0 Å². The molecule has 0 aliphatic heterocycles. The monoisotopic (exact) mass is 384 g/mol. The quantitative estimate of drug-likeness (QED) is 0.707. The fourth-order valence-corrected chi connectivity index (χ4v) is 2.37. The van der Waals surface area contributed by atoms with Crippen LogP contribution < -0.4 is 10.6 Å². The molecule has 0 saturated carbocycles. The summed E-state index contributed by atoms with van der Waals surface area (Å²) in [5, 5.41) is 5.20. The van der Waals surface area contributed by atoms with Crippen LogP contribution in [0.3, 0.4) is 0 Å². The van der Waals surface area contributed by atoms with Gasteiger partial charge in [0.05, 0.1) is 31.0 Å². The Morgan fingerprint density at radius 1 is 0.857 bits per heavy atom. The van der Waals surface area contributed by atoms with Crippen LogP contribution in [0.2, 0.25) is 0 Å². The van der Waals surface area contributed by atoms with E-state index in [1.54, 1.807) is 30.3 Å². The van der Waals surface area contributed by atoms with Gasteiger partial charge in [0.2, 0.25) is 5.91 Å². The summed E-state index contributed by atoms with van der Waals surface area (Å²) in [6.45, 7) is 0.101. The highest BCUT2D eigenvalue weighted by molar-refractivity contribution is 6.03. The van der Waals surface area contributed by atoms with Gasteiger partial charge in [0.15, 0.2) is 0 Å². The largest absolute Gasteiger partial charge is 0.465 e. The van der Waals surface area contributed by atoms with Crippen LogP contribution in [0.5, 0.6) is 0 Å². The summed E-state index contributed by atoms with van der Waals surface area (Å²) >= 11 is 0. The molecule has 0 aliphatic carbocycles. The highest BCUT2D eigenvalue weighted by atomic mass is 16.5. The molecule has 8 heteroatoms. The van der Waals surface area contributed by atoms with Crippen LogP contribution in [0.15, 0.2) is 48.5 Å². The molecule has 0 aromatic heterocycles. The van der Waals surface area contributed by atoms with Gasteiger partial charge in [-0.3, -0.25) is 9.59 Å². The number of carbonyl (C=O) groups is 4. The number of benzene rings is 2. The van der Waals surface area contributed by atoms with Crippen molar-refractivity contribution in [1.82, 2.24) is 5.32 Å². The number of anilines is 1. The Labute approximate surface area is 161 Å². The van der Waals surface area contributed by atoms with Crippen molar-refractivity contribution < 1.29 is 28.7 Å². The van der Waals surface area contributed by atoms with Crippen LogP contribution in [0.4, 0.5) is 5.69 Å². The summed E-state index contributed by atoms with van der Waals surface area (Å²) in [6.07, 6.45) is -0.0262. The van der Waals surface area contributed by atoms with E-state index in [1.807, 2.05) is 0 Å². The molecule has 2 amide bonds. The third-order valence-corrected chi connectivity index (χ3v) is 3.79. The van der Waals surface area contributed by atoms with Gasteiger partial charge in [-0.15, -0.1) is 0 Å². The van der Waals surface area contributed by atoms with Crippen molar-refractivity contribution in [3.63, 3.8) is 0 Å². The second-order valence-corrected chi connectivity index (χ2v) is 5.66. The van der Waals surface area contributed by atoms with Gasteiger partial charge >= 0.3 is 11.9 Å². The third-order valence-electron chi connectivity index (χ3n) is 3.79. The lowest BCUT2D eigenvalue weighted by Crippen LogP contribution is -2.28. The third kappa shape index (κ3) is 5.41. The molecule has 2 rings (SSSR count). The van der Waals surface area contributed by atoms with Crippen LogP contribution in [0.25, 0.3) is 0 Å². The van der Waals surface area contributed by atoms with Crippen molar-refractivity contribution in [2.24, 2.45) is 0 Å². The maximum atomic E-state index is 12.2. The summed E-state index contributed by atoms with van der Waals surface area (Å²) in [4.78, 5) is 47.7. The van der Waals surface area contributed by atoms with E-state index >= 15 is 0 Å². The molecule has 146 valence electrons. The Morgan fingerprint density at radius 3 is 2.18 bits per heavy atom. The molecule has 8 nitrogen and oxygen atoms in total. The summed E-state index contributed by atoms with van der Waals surface area (Å²) in [5.41, 5.74) is 0.871. The molecule has 0 fully saturated rings. The molecule has 2 N–H and O–H groups in total. The minimum absolute atomic E-state index is 0.0262. The first kappa shape index (κ1) is 20.6. The van der Waals surface area contributed by atoms with Crippen LogP contribution in [0, 0.1) is 0 Å². The molecule has 0 radical (unpaired) electrons. The first-order chi connectivity index (χ1) is 13.5. The van der Waals surface area contributed by atoms with Crippen molar-refractivity contribution in [2.75, 3.05) is 26.1 Å². The van der Waals surface area contributed by atoms with E-state index in [1.165, 1.54) is 32.4 Å². The summed E-state index contributed by atoms with van der Waals surface area (Å²) < 4.78 is 9.32. The van der Waals surface area contributed by atoms with Crippen molar-refractivity contribution in [2.45, 2.75) is 6.42 Å². The number of ether oxygens (including phenoxy) is 2. The molecule has 28 heavy (non-hydrogen) atoms. The highest BCUT2D eigenvalue weighted by Crippen LogP contribution is 2.20. The number of hydrogen-bond acceptors (Lipinski definition) is 6. The van der Waals surface area contributed by atoms with Gasteiger partial charge in [-0.25, -0.2) is 9.59 Å². The van der Waals surface area contributed by atoms with Crippen LogP contribution >= 0.6 is 0 Å². The minimum Gasteiger partial charge on any atom is -0.465 e. The van der Waals surface area contributed by atoms with E-state index in [-0.39, 0.29) is 35.7 Å². The standard InChI is InChI=1S/C20H20N2O6/c1-27-19(25)14-8-9-15(20(26)28-2)16(12-14)22-17(23)10-11-21-18(24)13-6-4-3-5-7-13/h3-9,12H,10-11H2,1-2H3,(H,21,24)(H,22,23). The van der Waals surface area contributed by atoms with Crippen LogP contribution in [-0.2, 0) is 14.3 Å². The van der Waals surface area contributed by atoms with Crippen molar-refractivity contribution in [3.8, 4) is 0 Å². The van der Waals surface area contributed by atoms with E-state index in [4.69, 9.17) is 0 Å². The maximum absolute atomic E-state index is 12.2. The van der Waals surface area contributed by atoms with E-state index in [0.717, 1.165) is 0 Å². The zero-order valence-electron chi connectivity index (χ0n) is 15.5. The predicted molar refractivity (Wildman–Crippen MR) is 101 cm³/mol. The van der Waals surface area contributed by atoms with Crippen molar-refractivity contribution in [3.05, 3.63) is 65.2 Å². The lowest BCUT2D eigenvalue weighted by molar-refractivity contribution is -0.116. The molecular weight excluding hydrogens is 364 g/mol. The van der Waals surface area contributed by atoms with Gasteiger partial charge in [0.1, 0.15) is 0 Å². The first-order valence-corrected chi connectivity index (χ1v) is 8.40. The second kappa shape index (κ2) is 9.86. The number of methoxy groups -OCH3 is 2. The van der Waals surface area contributed by atoms with E-state index in [2.05, 4.69) is 20.1 Å². The fourth-order valence-electron chi connectivity index (χ4n) is 2.37. The first-order valence-electron chi connectivity index (χ1n) is 8.40. The molecule has 0 atom stereocenters. The van der Waals surface area contributed by atoms with E-state index in [0.29, 0.717) is 5.56 Å². The maximum Gasteiger partial charge on any atom is 0.339 e. The Bertz CT molecular complexity index is 880. The molecule has 0 aliphatic rings. The summed E-state index contributed by atoms with van der Waals surface area (Å²) in [7, 11) is 2.44. The molecule has 2 aromatic carbocycles. The average molecular weight is 384 g/mol. The molecular formula is C20H20N2O6. The van der Waals surface area contributed by atoms with E-state index in [9.17, 15) is 19.2 Å². The Kier molecular flexibility index (Phi) is 7.27. The Balaban J connectivity index is 2.02. The smallest absolute Gasteiger partial charge is 0.339 e. The predicted octanol–water partition coefficient (Wildman–Crippen LogP) is 2.02. The zero-order chi connectivity index (χ0) is 20.5. The number of esters is 2. The van der Waals surface area contributed by atoms with Crippen LogP contribution in [0.1, 0.15) is 37.5 Å². The van der Waals surface area contributed by atoms with Gasteiger partial charge in [0.25, 0.3) is 5.91 Å². The number of carbonyl (C=O) groups excluding carboxylic acids is 4. The van der Waals surface area contributed by atoms with Gasteiger partial charge in [-0.1, -0.05) is 18.2 Å². The van der Waals surface area contributed by atoms with Crippen LogP contribution in [-0.4, -0.2) is 44.5 Å². The summed E-state index contributed by atoms with van der Waals surface area (Å²) in [6, 6.07) is 12.7. The summed E-state index contributed by atoms with van der Waals surface area (Å²) in [5.74, 6) is -2.01. The zero-order valence-corrected chi connectivity index (χ0v) is 15.5. The van der Waals surface area contributed by atoms with Gasteiger partial charge in [0, 0.05) is 18.5 Å². The van der Waals surface area contributed by atoms with Gasteiger partial charge < -0.3 is 20.1 Å².